The van der Waals surface area contributed by atoms with E-state index in [0.717, 1.165) is 6.42 Å². The van der Waals surface area contributed by atoms with Crippen molar-refractivity contribution in [1.29, 1.82) is 0 Å². The number of halogens is 3. The topological polar surface area (TPSA) is 0 Å². The van der Waals surface area contributed by atoms with Crippen molar-refractivity contribution in [3.8, 4) is 0 Å². The van der Waals surface area contributed by atoms with E-state index in [1.807, 2.05) is 0 Å². The molecule has 0 amide bonds. The first-order valence-corrected chi connectivity index (χ1v) is 13.8. The van der Waals surface area contributed by atoms with Crippen LogP contribution in [0, 0.1) is 34.6 Å². The molecule has 0 N–H and O–H groups in total. The van der Waals surface area contributed by atoms with Crippen molar-refractivity contribution in [3.05, 3.63) is 83.9 Å². The summed E-state index contributed by atoms with van der Waals surface area (Å²) in [6, 6.07) is 11.1. The zero-order valence-corrected chi connectivity index (χ0v) is 26.2. The Morgan fingerprint density at radius 3 is 1.88 bits per heavy atom. The van der Waals surface area contributed by atoms with Crippen LogP contribution in [-0.2, 0) is 26.9 Å². The number of rotatable bonds is 8. The normalized spacial score (nSPS) is 13.3. The largest absolute Gasteiger partial charge is 1.00 e. The Balaban J connectivity index is 0.00000341. The Hall–Kier alpha value is -0.279. The van der Waals surface area contributed by atoms with E-state index in [4.69, 9.17) is 0 Å². The molecule has 0 aromatic heterocycles. The van der Waals surface area contributed by atoms with E-state index in [0.29, 0.717) is 0 Å². The molecule has 3 rings (SSSR count). The van der Waals surface area contributed by atoms with Crippen molar-refractivity contribution in [2.24, 2.45) is 0 Å². The molecule has 0 fully saturated rings. The molecule has 0 aliphatic heterocycles. The first kappa shape index (κ1) is 32.7. The molecule has 0 saturated carbocycles. The van der Waals surface area contributed by atoms with Crippen molar-refractivity contribution >= 4 is 14.7 Å². The van der Waals surface area contributed by atoms with Crippen molar-refractivity contribution in [1.82, 2.24) is 0 Å². The van der Waals surface area contributed by atoms with Crippen LogP contribution in [0.25, 0.3) is 0 Å². The van der Waals surface area contributed by atoms with Crippen molar-refractivity contribution < 1.29 is 57.7 Å². The Bertz CT molecular complexity index is 965. The third-order valence-electron chi connectivity index (χ3n) is 7.36. The average molecular weight is 556 g/mol. The predicted molar refractivity (Wildman–Crippen MR) is 131 cm³/mol. The van der Waals surface area contributed by atoms with Gasteiger partial charge in [0.15, 0.2) is 0 Å². The van der Waals surface area contributed by atoms with Gasteiger partial charge >= 0.3 is 199 Å². The molecule has 1 aliphatic rings. The van der Waals surface area contributed by atoms with Crippen LogP contribution in [0.3, 0.4) is 0 Å². The van der Waals surface area contributed by atoms with Gasteiger partial charge in [-0.25, -0.2) is 0 Å². The number of hydrogen-bond acceptors (Lipinski definition) is 0. The summed E-state index contributed by atoms with van der Waals surface area (Å²) >= 11 is 2.41. The van der Waals surface area contributed by atoms with Gasteiger partial charge in [0.1, 0.15) is 0 Å². The molecular formula is C28H37Cl3SiTi. The van der Waals surface area contributed by atoms with Gasteiger partial charge in [0, 0.05) is 0 Å². The van der Waals surface area contributed by atoms with E-state index in [1.54, 1.807) is 36.5 Å². The first-order chi connectivity index (χ1) is 14.3. The third kappa shape index (κ3) is 7.60. The SMILES string of the molecule is CCCCCC1=[C]([Ti+3])C(Cc2ccccc2)=C([SiH2]c2c(C)c(C)c(C)c(C)c2C)C1.[Cl-].[Cl-].[Cl-]. The number of unbranched alkanes of at least 4 members (excludes halogenated alkanes) is 2. The average Bonchev–Trinajstić information content (AvgIpc) is 3.04. The van der Waals surface area contributed by atoms with Crippen LogP contribution in [0.1, 0.15) is 72.4 Å². The van der Waals surface area contributed by atoms with Crippen molar-refractivity contribution in [2.45, 2.75) is 80.1 Å². The van der Waals surface area contributed by atoms with Gasteiger partial charge in [0.25, 0.3) is 0 Å². The summed E-state index contributed by atoms with van der Waals surface area (Å²) in [5.41, 5.74) is 12.5. The molecule has 5 heteroatoms. The monoisotopic (exact) mass is 554 g/mol. The summed E-state index contributed by atoms with van der Waals surface area (Å²) in [5, 5.41) is 3.51. The van der Waals surface area contributed by atoms with E-state index in [2.05, 4.69) is 92.3 Å². The smallest absolute Gasteiger partial charge is 1.00 e. The van der Waals surface area contributed by atoms with Crippen LogP contribution in [0.2, 0.25) is 0 Å². The molecule has 0 atom stereocenters. The van der Waals surface area contributed by atoms with Gasteiger partial charge in [-0.1, -0.05) is 0 Å². The van der Waals surface area contributed by atoms with E-state index in [-0.39, 0.29) is 37.2 Å². The summed E-state index contributed by atoms with van der Waals surface area (Å²) in [6.07, 6.45) is 7.64. The summed E-state index contributed by atoms with van der Waals surface area (Å²) in [4.78, 5) is 0. The standard InChI is InChI=1S/C28H37Si.3ClH.Ti/c1-7-8-10-15-25-17-26(16-24-13-11-9-12-14-24)27(18-25)29-28-22(5)20(3)19(2)21(4)23(28)6;;;;/h9,11-14H,7-8,10,15-16,18,29H2,1-6H3;3*1H;/q;;;;+3/p-3. The summed E-state index contributed by atoms with van der Waals surface area (Å²) in [6.45, 7) is 14.0. The molecular weight excluding hydrogens is 519 g/mol. The Morgan fingerprint density at radius 1 is 0.788 bits per heavy atom. The summed E-state index contributed by atoms with van der Waals surface area (Å²) in [7, 11) is -0.469. The second-order valence-corrected chi connectivity index (χ2v) is 11.8. The van der Waals surface area contributed by atoms with Crippen LogP contribution in [0.4, 0.5) is 0 Å². The van der Waals surface area contributed by atoms with Crippen LogP contribution in [0.15, 0.2) is 50.6 Å². The number of allylic oxidation sites excluding steroid dienone is 4. The summed E-state index contributed by atoms with van der Waals surface area (Å²) in [5.74, 6) is 0. The number of hydrogen-bond donors (Lipinski definition) is 0. The Labute approximate surface area is 235 Å². The molecule has 0 saturated heterocycles. The Kier molecular flexibility index (Phi) is 14.8. The molecule has 0 nitrogen and oxygen atoms in total. The quantitative estimate of drug-likeness (QED) is 0.246. The fraction of sp³-hybridized carbons (Fsp3) is 0.429. The molecule has 178 valence electrons. The third-order valence-corrected chi connectivity index (χ3v) is 10.9. The minimum Gasteiger partial charge on any atom is -1.00 e. The molecule has 2 aromatic carbocycles. The van der Waals surface area contributed by atoms with Crippen molar-refractivity contribution in [2.75, 3.05) is 0 Å². The van der Waals surface area contributed by atoms with Crippen LogP contribution in [0.5, 0.6) is 0 Å². The Morgan fingerprint density at radius 2 is 1.33 bits per heavy atom. The molecule has 0 bridgehead atoms. The van der Waals surface area contributed by atoms with Crippen LogP contribution in [-0.4, -0.2) is 9.52 Å². The zero-order valence-electron chi connectivity index (χ0n) is 21.0. The molecule has 1 aliphatic carbocycles. The van der Waals surface area contributed by atoms with Gasteiger partial charge in [0.05, 0.1) is 0 Å². The second-order valence-electron chi connectivity index (χ2n) is 9.14. The maximum absolute atomic E-state index is 2.41. The maximum atomic E-state index is 2.41. The molecule has 33 heavy (non-hydrogen) atoms. The van der Waals surface area contributed by atoms with Gasteiger partial charge in [-0.2, -0.15) is 0 Å². The van der Waals surface area contributed by atoms with E-state index in [1.165, 1.54) is 54.4 Å². The minimum atomic E-state index is -0.469. The number of benzene rings is 2. The second kappa shape index (κ2) is 15.0. The summed E-state index contributed by atoms with van der Waals surface area (Å²) < 4.78 is 1.62. The van der Waals surface area contributed by atoms with Crippen LogP contribution < -0.4 is 42.4 Å². The van der Waals surface area contributed by atoms with Gasteiger partial charge in [-0.3, -0.25) is 0 Å². The molecule has 0 unspecified atom stereocenters. The van der Waals surface area contributed by atoms with Crippen LogP contribution >= 0.6 is 0 Å². The molecule has 0 heterocycles. The molecule has 0 radical (unpaired) electrons. The van der Waals surface area contributed by atoms with E-state index >= 15 is 0 Å². The van der Waals surface area contributed by atoms with Crippen molar-refractivity contribution in [3.63, 3.8) is 0 Å². The van der Waals surface area contributed by atoms with E-state index < -0.39 is 9.52 Å². The molecule has 0 spiro atoms. The van der Waals surface area contributed by atoms with Gasteiger partial charge in [-0.05, 0) is 0 Å². The maximum Gasteiger partial charge on any atom is -1.00 e. The van der Waals surface area contributed by atoms with Gasteiger partial charge < -0.3 is 37.2 Å². The predicted octanol–water partition coefficient (Wildman–Crippen LogP) is -2.68. The fourth-order valence-electron chi connectivity index (χ4n) is 4.88. The minimum absolute atomic E-state index is 0. The van der Waals surface area contributed by atoms with E-state index in [9.17, 15) is 0 Å². The van der Waals surface area contributed by atoms with Gasteiger partial charge in [-0.15, -0.1) is 0 Å². The fourth-order valence-corrected chi connectivity index (χ4v) is 8.34. The zero-order chi connectivity index (χ0) is 21.8. The first-order valence-electron chi connectivity index (χ1n) is 11.6. The molecule has 2 aromatic rings. The van der Waals surface area contributed by atoms with Gasteiger partial charge in [0.2, 0.25) is 0 Å².